The van der Waals surface area contributed by atoms with E-state index in [0.29, 0.717) is 11.8 Å². The number of nitrogens with two attached hydrogens (primary N) is 1. The first-order valence-electron chi connectivity index (χ1n) is 6.14. The van der Waals surface area contributed by atoms with E-state index in [1.54, 1.807) is 0 Å². The molecule has 0 heterocycles. The van der Waals surface area contributed by atoms with Crippen molar-refractivity contribution in [2.45, 2.75) is 52.0 Å². The number of hydrogen-bond acceptors (Lipinski definition) is 2. The minimum absolute atomic E-state index is 0.104. The number of carbonyl (C=O) groups is 1. The van der Waals surface area contributed by atoms with Gasteiger partial charge >= 0.3 is 0 Å². The fourth-order valence-corrected chi connectivity index (χ4v) is 2.33. The van der Waals surface area contributed by atoms with Crippen molar-refractivity contribution in [3.8, 4) is 0 Å². The zero-order chi connectivity index (χ0) is 11.3. The van der Waals surface area contributed by atoms with Crippen molar-refractivity contribution in [2.24, 2.45) is 17.6 Å². The van der Waals surface area contributed by atoms with Crippen LogP contribution in [-0.2, 0) is 4.79 Å². The van der Waals surface area contributed by atoms with Crippen LogP contribution >= 0.6 is 0 Å². The third-order valence-corrected chi connectivity index (χ3v) is 3.17. The molecule has 3 N–H and O–H groups in total. The molecule has 1 rings (SSSR count). The van der Waals surface area contributed by atoms with Gasteiger partial charge in [-0.15, -0.1) is 0 Å². The molecule has 1 aliphatic rings. The highest BCUT2D eigenvalue weighted by Gasteiger charge is 2.27. The standard InChI is InChI=1S/C12H24N2O/c1-9(2)8-14-11(12(13)15)10-6-4-3-5-7-10/h9-11,14H,3-8H2,1-2H3,(H2,13,15). The van der Waals surface area contributed by atoms with Crippen LogP contribution in [-0.4, -0.2) is 18.5 Å². The Morgan fingerprint density at radius 3 is 2.40 bits per heavy atom. The Morgan fingerprint density at radius 1 is 1.33 bits per heavy atom. The van der Waals surface area contributed by atoms with Gasteiger partial charge in [0, 0.05) is 0 Å². The van der Waals surface area contributed by atoms with Crippen molar-refractivity contribution < 1.29 is 4.79 Å². The summed E-state index contributed by atoms with van der Waals surface area (Å²) in [4.78, 5) is 11.4. The highest BCUT2D eigenvalue weighted by molar-refractivity contribution is 5.80. The van der Waals surface area contributed by atoms with E-state index in [2.05, 4.69) is 19.2 Å². The van der Waals surface area contributed by atoms with Gasteiger partial charge in [-0.2, -0.15) is 0 Å². The second-order valence-corrected chi connectivity index (χ2v) is 5.08. The molecule has 0 spiro atoms. The van der Waals surface area contributed by atoms with Gasteiger partial charge in [0.25, 0.3) is 0 Å². The van der Waals surface area contributed by atoms with E-state index < -0.39 is 0 Å². The Labute approximate surface area is 92.8 Å². The van der Waals surface area contributed by atoms with Crippen molar-refractivity contribution in [2.75, 3.05) is 6.54 Å². The smallest absolute Gasteiger partial charge is 0.234 e. The lowest BCUT2D eigenvalue weighted by atomic mass is 9.83. The van der Waals surface area contributed by atoms with Gasteiger partial charge in [0.2, 0.25) is 5.91 Å². The molecule has 88 valence electrons. The van der Waals surface area contributed by atoms with Gasteiger partial charge in [-0.1, -0.05) is 33.1 Å². The van der Waals surface area contributed by atoms with Crippen LogP contribution in [0.25, 0.3) is 0 Å². The predicted molar refractivity (Wildman–Crippen MR) is 62.4 cm³/mol. The highest BCUT2D eigenvalue weighted by Crippen LogP contribution is 2.26. The summed E-state index contributed by atoms with van der Waals surface area (Å²) in [6.07, 6.45) is 6.11. The number of rotatable bonds is 5. The Kier molecular flexibility index (Phi) is 5.09. The molecule has 3 heteroatoms. The second-order valence-electron chi connectivity index (χ2n) is 5.08. The molecule has 1 unspecified atom stereocenters. The molecule has 3 nitrogen and oxygen atoms in total. The van der Waals surface area contributed by atoms with Crippen molar-refractivity contribution in [3.05, 3.63) is 0 Å². The molecular formula is C12H24N2O. The molecule has 0 aromatic rings. The molecule has 0 aromatic carbocycles. The summed E-state index contributed by atoms with van der Waals surface area (Å²) in [6.45, 7) is 5.17. The third-order valence-electron chi connectivity index (χ3n) is 3.17. The second kappa shape index (κ2) is 6.11. The van der Waals surface area contributed by atoms with Gasteiger partial charge in [-0.05, 0) is 31.2 Å². The lowest BCUT2D eigenvalue weighted by Gasteiger charge is -2.29. The van der Waals surface area contributed by atoms with Crippen LogP contribution in [0.1, 0.15) is 46.0 Å². The van der Waals surface area contributed by atoms with Crippen molar-refractivity contribution in [1.29, 1.82) is 0 Å². The zero-order valence-corrected chi connectivity index (χ0v) is 9.96. The first-order chi connectivity index (χ1) is 7.11. The maximum atomic E-state index is 11.4. The molecule has 0 bridgehead atoms. The Balaban J connectivity index is 2.44. The highest BCUT2D eigenvalue weighted by atomic mass is 16.1. The Hall–Kier alpha value is -0.570. The number of amides is 1. The molecular weight excluding hydrogens is 188 g/mol. The minimum atomic E-state index is -0.178. The molecule has 0 radical (unpaired) electrons. The number of nitrogens with one attached hydrogen (secondary N) is 1. The van der Waals surface area contributed by atoms with Crippen LogP contribution in [0, 0.1) is 11.8 Å². The van der Waals surface area contributed by atoms with Crippen LogP contribution < -0.4 is 11.1 Å². The molecule has 1 saturated carbocycles. The van der Waals surface area contributed by atoms with E-state index in [9.17, 15) is 4.79 Å². The molecule has 1 aliphatic carbocycles. The third kappa shape index (κ3) is 4.20. The lowest BCUT2D eigenvalue weighted by Crippen LogP contribution is -2.48. The summed E-state index contributed by atoms with van der Waals surface area (Å²) in [6, 6.07) is -0.104. The largest absolute Gasteiger partial charge is 0.368 e. The maximum absolute atomic E-state index is 11.4. The molecule has 1 atom stereocenters. The van der Waals surface area contributed by atoms with Gasteiger partial charge in [0.05, 0.1) is 6.04 Å². The van der Waals surface area contributed by atoms with Gasteiger partial charge < -0.3 is 11.1 Å². The average molecular weight is 212 g/mol. The van der Waals surface area contributed by atoms with E-state index in [-0.39, 0.29) is 11.9 Å². The van der Waals surface area contributed by atoms with Crippen molar-refractivity contribution in [1.82, 2.24) is 5.32 Å². The van der Waals surface area contributed by atoms with Crippen LogP contribution in [0.2, 0.25) is 0 Å². The fourth-order valence-electron chi connectivity index (χ4n) is 2.33. The first-order valence-corrected chi connectivity index (χ1v) is 6.14. The maximum Gasteiger partial charge on any atom is 0.234 e. The zero-order valence-electron chi connectivity index (χ0n) is 9.96. The Bertz CT molecular complexity index is 198. The van der Waals surface area contributed by atoms with E-state index in [1.165, 1.54) is 19.3 Å². The van der Waals surface area contributed by atoms with Crippen molar-refractivity contribution >= 4 is 5.91 Å². The predicted octanol–water partition coefficient (Wildman–Crippen LogP) is 1.67. The topological polar surface area (TPSA) is 55.1 Å². The summed E-state index contributed by atoms with van der Waals surface area (Å²) in [5.41, 5.74) is 5.45. The van der Waals surface area contributed by atoms with E-state index in [4.69, 9.17) is 5.73 Å². The van der Waals surface area contributed by atoms with Gasteiger partial charge in [0.1, 0.15) is 0 Å². The molecule has 1 amide bonds. The van der Waals surface area contributed by atoms with Gasteiger partial charge in [-0.25, -0.2) is 0 Å². The number of primary amides is 1. The summed E-state index contributed by atoms with van der Waals surface area (Å²) in [5, 5.41) is 3.31. The van der Waals surface area contributed by atoms with E-state index in [0.717, 1.165) is 19.4 Å². The van der Waals surface area contributed by atoms with E-state index in [1.807, 2.05) is 0 Å². The molecule has 15 heavy (non-hydrogen) atoms. The van der Waals surface area contributed by atoms with Crippen LogP contribution in [0.15, 0.2) is 0 Å². The summed E-state index contributed by atoms with van der Waals surface area (Å²) < 4.78 is 0. The normalized spacial score (nSPS) is 20.5. The minimum Gasteiger partial charge on any atom is -0.368 e. The van der Waals surface area contributed by atoms with Crippen LogP contribution in [0.4, 0.5) is 0 Å². The fraction of sp³-hybridized carbons (Fsp3) is 0.917. The molecule has 1 fully saturated rings. The molecule has 0 aromatic heterocycles. The summed E-state index contributed by atoms with van der Waals surface area (Å²) in [5.74, 6) is 0.855. The SMILES string of the molecule is CC(C)CNC(C(N)=O)C1CCCCC1. The van der Waals surface area contributed by atoms with Crippen LogP contribution in [0.3, 0.4) is 0 Å². The lowest BCUT2D eigenvalue weighted by molar-refractivity contribution is -0.121. The first kappa shape index (κ1) is 12.5. The summed E-state index contributed by atoms with van der Waals surface area (Å²) in [7, 11) is 0. The molecule has 0 saturated heterocycles. The monoisotopic (exact) mass is 212 g/mol. The van der Waals surface area contributed by atoms with Crippen molar-refractivity contribution in [3.63, 3.8) is 0 Å². The Morgan fingerprint density at radius 2 is 1.93 bits per heavy atom. The van der Waals surface area contributed by atoms with E-state index >= 15 is 0 Å². The number of hydrogen-bond donors (Lipinski definition) is 2. The van der Waals surface area contributed by atoms with Gasteiger partial charge in [0.15, 0.2) is 0 Å². The quantitative estimate of drug-likeness (QED) is 0.728. The molecule has 0 aliphatic heterocycles. The van der Waals surface area contributed by atoms with Crippen LogP contribution in [0.5, 0.6) is 0 Å². The average Bonchev–Trinajstić information content (AvgIpc) is 2.18. The number of carbonyl (C=O) groups excluding carboxylic acids is 1. The van der Waals surface area contributed by atoms with Gasteiger partial charge in [-0.3, -0.25) is 4.79 Å². The summed E-state index contributed by atoms with van der Waals surface area (Å²) >= 11 is 0.